The first-order chi connectivity index (χ1) is 12.9. The molecule has 0 spiro atoms. The number of carbonyl (C=O) groups excluding carboxylic acids is 1. The van der Waals surface area contributed by atoms with E-state index in [1.54, 1.807) is 17.0 Å². The predicted octanol–water partition coefficient (Wildman–Crippen LogP) is 6.43. The zero-order chi connectivity index (χ0) is 22.0. The van der Waals surface area contributed by atoms with E-state index in [9.17, 15) is 18.0 Å². The molecule has 0 saturated carbocycles. The van der Waals surface area contributed by atoms with Gasteiger partial charge in [0.15, 0.2) is 0 Å². The van der Waals surface area contributed by atoms with Crippen molar-refractivity contribution in [1.82, 2.24) is 4.90 Å². The van der Waals surface area contributed by atoms with Crippen molar-refractivity contribution in [2.45, 2.75) is 69.5 Å². The van der Waals surface area contributed by atoms with Gasteiger partial charge in [-0.25, -0.2) is 4.79 Å². The molecule has 1 saturated heterocycles. The van der Waals surface area contributed by atoms with Crippen LogP contribution in [0.25, 0.3) is 0 Å². The number of hydrogen-bond donors (Lipinski definition) is 1. The summed E-state index contributed by atoms with van der Waals surface area (Å²) in [6.45, 7) is 11.1. The Labute approximate surface area is 178 Å². The molecule has 2 N–H and O–H groups in total. The van der Waals surface area contributed by atoms with Gasteiger partial charge in [-0.3, -0.25) is 0 Å². The molecule has 1 fully saturated rings. The summed E-state index contributed by atoms with van der Waals surface area (Å²) in [7, 11) is 0. The Bertz CT molecular complexity index is 570. The maximum absolute atomic E-state index is 11.8. The van der Waals surface area contributed by atoms with Gasteiger partial charge in [-0.15, -0.1) is 0 Å². The van der Waals surface area contributed by atoms with Crippen molar-refractivity contribution in [2.24, 2.45) is 5.73 Å². The molecule has 1 aromatic carbocycles. The van der Waals surface area contributed by atoms with Gasteiger partial charge in [-0.1, -0.05) is 29.8 Å². The Hall–Kier alpha value is -0.930. The largest absolute Gasteiger partial charge is 0.446 e. The first-order valence-electron chi connectivity index (χ1n) is 9.10. The highest BCUT2D eigenvalue weighted by Crippen LogP contribution is 2.36. The fourth-order valence-corrected chi connectivity index (χ4v) is 2.85. The second kappa shape index (κ2) is 12.6. The highest BCUT2D eigenvalue weighted by molar-refractivity contribution is 9.10. The van der Waals surface area contributed by atoms with Gasteiger partial charge in [0.2, 0.25) is 0 Å². The van der Waals surface area contributed by atoms with Crippen LogP contribution >= 0.6 is 27.7 Å². The molecule has 1 aromatic rings. The highest BCUT2D eigenvalue weighted by Gasteiger charge is 2.29. The number of amides is 1. The Balaban J connectivity index is 0.000000483. The van der Waals surface area contributed by atoms with E-state index in [0.29, 0.717) is 0 Å². The van der Waals surface area contributed by atoms with Crippen LogP contribution < -0.4 is 5.73 Å². The van der Waals surface area contributed by atoms with Crippen molar-refractivity contribution in [2.75, 3.05) is 13.1 Å². The Kier molecular flexibility index (Phi) is 12.2. The van der Waals surface area contributed by atoms with Crippen molar-refractivity contribution in [3.8, 4) is 0 Å². The molecule has 9 heteroatoms. The summed E-state index contributed by atoms with van der Waals surface area (Å²) in [5.74, 6) is 0. The topological polar surface area (TPSA) is 55.6 Å². The number of halogens is 4. The summed E-state index contributed by atoms with van der Waals surface area (Å²) in [6, 6.07) is 6.24. The van der Waals surface area contributed by atoms with Gasteiger partial charge in [0.25, 0.3) is 0 Å². The minimum absolute atomic E-state index is 0.111. The van der Waals surface area contributed by atoms with Gasteiger partial charge in [-0.2, -0.15) is 13.2 Å². The van der Waals surface area contributed by atoms with Crippen LogP contribution in [-0.2, 0) is 4.74 Å². The van der Waals surface area contributed by atoms with E-state index in [1.807, 2.05) is 34.6 Å². The van der Waals surface area contributed by atoms with Crippen LogP contribution in [0.1, 0.15) is 47.5 Å². The van der Waals surface area contributed by atoms with E-state index < -0.39 is 11.1 Å². The van der Waals surface area contributed by atoms with Crippen LogP contribution in [0.3, 0.4) is 0 Å². The maximum atomic E-state index is 11.8. The third kappa shape index (κ3) is 13.3. The number of benzene rings is 1. The molecule has 0 aliphatic carbocycles. The molecule has 28 heavy (non-hydrogen) atoms. The Morgan fingerprint density at radius 1 is 1.14 bits per heavy atom. The average molecular weight is 487 g/mol. The molecule has 0 bridgehead atoms. The summed E-state index contributed by atoms with van der Waals surface area (Å²) >= 11 is 3.02. The molecule has 162 valence electrons. The number of rotatable bonds is 1. The zero-order valence-corrected chi connectivity index (χ0v) is 19.4. The standard InChI is InChI=1S/C10H20N2O2.C7H4BrF3S.C2H6/c1-10(2,3)14-9(13)12-6-4-8(11)5-7-12;8-5-1-3-6(4-2-5)12-7(9,10)11;1-2/h8H,4-7,11H2,1-3H3;1-4H;1-2H3. The summed E-state index contributed by atoms with van der Waals surface area (Å²) in [6.07, 6.45) is 1.53. The van der Waals surface area contributed by atoms with Gasteiger partial charge in [0, 0.05) is 28.5 Å². The summed E-state index contributed by atoms with van der Waals surface area (Å²) in [5.41, 5.74) is 1.14. The predicted molar refractivity (Wildman–Crippen MR) is 112 cm³/mol. The Morgan fingerprint density at radius 2 is 1.61 bits per heavy atom. The average Bonchev–Trinajstić information content (AvgIpc) is 2.57. The number of ether oxygens (including phenoxy) is 1. The molecule has 0 radical (unpaired) electrons. The van der Waals surface area contributed by atoms with Gasteiger partial charge >= 0.3 is 11.6 Å². The van der Waals surface area contributed by atoms with Gasteiger partial charge in [-0.05, 0) is 69.6 Å². The minimum atomic E-state index is -4.20. The van der Waals surface area contributed by atoms with Crippen LogP contribution in [0.4, 0.5) is 18.0 Å². The molecule has 0 aromatic heterocycles. The number of nitrogens with zero attached hydrogens (tertiary/aromatic N) is 1. The number of likely N-dealkylation sites (tertiary alicyclic amines) is 1. The summed E-state index contributed by atoms with van der Waals surface area (Å²) < 4.78 is 41.4. The van der Waals surface area contributed by atoms with Gasteiger partial charge in [0.05, 0.1) is 0 Å². The monoisotopic (exact) mass is 486 g/mol. The fourth-order valence-electron chi connectivity index (χ4n) is 2.04. The van der Waals surface area contributed by atoms with Gasteiger partial charge < -0.3 is 15.4 Å². The van der Waals surface area contributed by atoms with Crippen molar-refractivity contribution in [1.29, 1.82) is 0 Å². The maximum Gasteiger partial charge on any atom is 0.446 e. The van der Waals surface area contributed by atoms with E-state index in [4.69, 9.17) is 10.5 Å². The molecule has 1 aliphatic rings. The van der Waals surface area contributed by atoms with E-state index in [-0.39, 0.29) is 28.8 Å². The van der Waals surface area contributed by atoms with Crippen LogP contribution in [0.15, 0.2) is 33.6 Å². The number of carbonyl (C=O) groups is 1. The Morgan fingerprint density at radius 3 is 2.00 bits per heavy atom. The smallest absolute Gasteiger partial charge is 0.444 e. The van der Waals surface area contributed by atoms with Crippen molar-refractivity contribution in [3.05, 3.63) is 28.7 Å². The zero-order valence-electron chi connectivity index (χ0n) is 17.0. The van der Waals surface area contributed by atoms with Crippen molar-refractivity contribution >= 4 is 33.8 Å². The molecular formula is C19H30BrF3N2O2S. The molecule has 1 aliphatic heterocycles. The molecule has 1 amide bonds. The number of thioether (sulfide) groups is 1. The van der Waals surface area contributed by atoms with E-state index in [2.05, 4.69) is 15.9 Å². The number of alkyl halides is 3. The third-order valence-corrected chi connectivity index (χ3v) is 4.51. The van der Waals surface area contributed by atoms with Crippen LogP contribution in [-0.4, -0.2) is 41.2 Å². The lowest BCUT2D eigenvalue weighted by atomic mass is 10.1. The van der Waals surface area contributed by atoms with Crippen molar-refractivity contribution in [3.63, 3.8) is 0 Å². The molecule has 1 heterocycles. The van der Waals surface area contributed by atoms with E-state index in [0.717, 1.165) is 30.4 Å². The second-order valence-electron chi connectivity index (χ2n) is 6.81. The quantitative estimate of drug-likeness (QED) is 0.464. The first kappa shape index (κ1) is 27.1. The normalized spacial score (nSPS) is 15.0. The van der Waals surface area contributed by atoms with E-state index in [1.165, 1.54) is 12.1 Å². The minimum Gasteiger partial charge on any atom is -0.444 e. The summed E-state index contributed by atoms with van der Waals surface area (Å²) in [4.78, 5) is 13.5. The summed E-state index contributed by atoms with van der Waals surface area (Å²) in [5, 5.41) is 0. The third-order valence-electron chi connectivity index (χ3n) is 3.24. The van der Waals surface area contributed by atoms with Gasteiger partial charge in [0.1, 0.15) is 5.60 Å². The van der Waals surface area contributed by atoms with Crippen LogP contribution in [0, 0.1) is 0 Å². The highest BCUT2D eigenvalue weighted by atomic mass is 79.9. The number of hydrogen-bond acceptors (Lipinski definition) is 4. The van der Waals surface area contributed by atoms with Crippen molar-refractivity contribution < 1.29 is 22.7 Å². The number of piperidine rings is 1. The molecule has 4 nitrogen and oxygen atoms in total. The SMILES string of the molecule is CC.CC(C)(C)OC(=O)N1CCC(N)CC1.FC(F)(F)Sc1ccc(Br)cc1. The molecular weight excluding hydrogens is 457 g/mol. The fraction of sp³-hybridized carbons (Fsp3) is 0.632. The lowest BCUT2D eigenvalue weighted by Crippen LogP contribution is -2.44. The van der Waals surface area contributed by atoms with E-state index >= 15 is 0 Å². The van der Waals surface area contributed by atoms with Crippen LogP contribution in [0.2, 0.25) is 0 Å². The molecule has 2 rings (SSSR count). The lowest BCUT2D eigenvalue weighted by molar-refractivity contribution is -0.0328. The lowest BCUT2D eigenvalue weighted by Gasteiger charge is -2.32. The van der Waals surface area contributed by atoms with Crippen LogP contribution in [0.5, 0.6) is 0 Å². The number of nitrogens with two attached hydrogens (primary N) is 1. The molecule has 0 unspecified atom stereocenters. The molecule has 0 atom stereocenters. The first-order valence-corrected chi connectivity index (χ1v) is 10.7. The second-order valence-corrected chi connectivity index (χ2v) is 8.86.